The second-order valence-corrected chi connectivity index (χ2v) is 8.62. The first-order valence-electron chi connectivity index (χ1n) is 10.4. The highest BCUT2D eigenvalue weighted by Gasteiger charge is 2.35. The van der Waals surface area contributed by atoms with Crippen LogP contribution in [-0.2, 0) is 9.59 Å². The maximum Gasteiger partial charge on any atom is 0.229 e. The number of fused-ring (bicyclic) bond motifs is 1. The highest BCUT2D eigenvalue weighted by atomic mass is 32.2. The van der Waals surface area contributed by atoms with Crippen molar-refractivity contribution in [3.05, 3.63) is 72.8 Å². The molecule has 1 aliphatic heterocycles. The van der Waals surface area contributed by atoms with Crippen molar-refractivity contribution in [1.29, 1.82) is 0 Å². The number of carbonyl (C=O) groups is 2. The number of rotatable bonds is 5. The van der Waals surface area contributed by atoms with Gasteiger partial charge < -0.3 is 15.2 Å². The van der Waals surface area contributed by atoms with E-state index in [0.29, 0.717) is 18.1 Å². The van der Waals surface area contributed by atoms with Crippen molar-refractivity contribution in [3.63, 3.8) is 0 Å². The number of para-hydroxylation sites is 3. The van der Waals surface area contributed by atoms with Gasteiger partial charge in [0, 0.05) is 29.1 Å². The van der Waals surface area contributed by atoms with Crippen LogP contribution in [0.1, 0.15) is 6.42 Å². The molecule has 1 aliphatic rings. The predicted molar refractivity (Wildman–Crippen MR) is 129 cm³/mol. The minimum absolute atomic E-state index is 0.0346. The molecule has 160 valence electrons. The Balaban J connectivity index is 1.35. The number of anilines is 2. The van der Waals surface area contributed by atoms with Gasteiger partial charge in [-0.15, -0.1) is 11.8 Å². The fourth-order valence-electron chi connectivity index (χ4n) is 4.01. The molecule has 2 amide bonds. The molecule has 2 N–H and O–H groups in total. The average Bonchev–Trinajstić information content (AvgIpc) is 3.43. The van der Waals surface area contributed by atoms with Crippen molar-refractivity contribution in [1.82, 2.24) is 9.97 Å². The van der Waals surface area contributed by atoms with Gasteiger partial charge >= 0.3 is 0 Å². The van der Waals surface area contributed by atoms with Crippen molar-refractivity contribution >= 4 is 46.0 Å². The highest BCUT2D eigenvalue weighted by molar-refractivity contribution is 7.98. The van der Waals surface area contributed by atoms with Crippen LogP contribution in [0, 0.1) is 5.92 Å². The van der Waals surface area contributed by atoms with Crippen molar-refractivity contribution in [2.24, 2.45) is 5.92 Å². The average molecular weight is 443 g/mol. The summed E-state index contributed by atoms with van der Waals surface area (Å²) in [5.74, 6) is 0.0873. The normalized spacial score (nSPS) is 16.0. The number of carbonyl (C=O) groups excluding carboxylic acids is 2. The lowest BCUT2D eigenvalue weighted by atomic mass is 10.1. The van der Waals surface area contributed by atoms with Gasteiger partial charge in [0.25, 0.3) is 0 Å². The molecule has 3 aromatic carbocycles. The summed E-state index contributed by atoms with van der Waals surface area (Å²) in [7, 11) is 0. The second-order valence-electron chi connectivity index (χ2n) is 7.74. The molecule has 1 aromatic heterocycles. The Bertz CT molecular complexity index is 1270. The summed E-state index contributed by atoms with van der Waals surface area (Å²) in [4.78, 5) is 36.5. The molecule has 32 heavy (non-hydrogen) atoms. The molecule has 1 atom stereocenters. The van der Waals surface area contributed by atoms with Crippen LogP contribution in [0.25, 0.3) is 22.4 Å². The molecule has 7 heteroatoms. The summed E-state index contributed by atoms with van der Waals surface area (Å²) in [5.41, 5.74) is 4.12. The maximum absolute atomic E-state index is 13.1. The monoisotopic (exact) mass is 442 g/mol. The van der Waals surface area contributed by atoms with Gasteiger partial charge in [0.2, 0.25) is 11.8 Å². The third-order valence-corrected chi connectivity index (χ3v) is 6.45. The number of hydrogen-bond acceptors (Lipinski definition) is 4. The molecule has 0 aliphatic carbocycles. The zero-order valence-corrected chi connectivity index (χ0v) is 18.4. The van der Waals surface area contributed by atoms with Crippen LogP contribution in [0.5, 0.6) is 0 Å². The van der Waals surface area contributed by atoms with E-state index in [1.165, 1.54) is 0 Å². The molecule has 2 heterocycles. The van der Waals surface area contributed by atoms with Crippen LogP contribution in [0.15, 0.2) is 77.7 Å². The molecule has 0 bridgehead atoms. The Morgan fingerprint density at radius 3 is 2.59 bits per heavy atom. The van der Waals surface area contributed by atoms with Crippen molar-refractivity contribution in [2.75, 3.05) is 23.0 Å². The SMILES string of the molecule is CSc1ccc(N2CC(C(=O)Nc3ccccc3-c3nc4ccccc4[nH]3)CC2=O)cc1. The minimum Gasteiger partial charge on any atom is -0.338 e. The number of hydrogen-bond donors (Lipinski definition) is 2. The number of thioether (sulfide) groups is 1. The summed E-state index contributed by atoms with van der Waals surface area (Å²) in [6, 6.07) is 23.2. The van der Waals surface area contributed by atoms with Crippen molar-refractivity contribution in [3.8, 4) is 11.4 Å². The highest BCUT2D eigenvalue weighted by Crippen LogP contribution is 2.30. The van der Waals surface area contributed by atoms with Crippen molar-refractivity contribution in [2.45, 2.75) is 11.3 Å². The Morgan fingerprint density at radius 2 is 1.81 bits per heavy atom. The summed E-state index contributed by atoms with van der Waals surface area (Å²) in [6.07, 6.45) is 2.21. The lowest BCUT2D eigenvalue weighted by Crippen LogP contribution is -2.28. The topological polar surface area (TPSA) is 78.1 Å². The minimum atomic E-state index is -0.411. The zero-order chi connectivity index (χ0) is 22.1. The van der Waals surface area contributed by atoms with E-state index in [2.05, 4.69) is 15.3 Å². The van der Waals surface area contributed by atoms with Crippen LogP contribution < -0.4 is 10.2 Å². The zero-order valence-electron chi connectivity index (χ0n) is 17.5. The number of nitrogens with one attached hydrogen (secondary N) is 2. The Labute approximate surface area is 190 Å². The number of nitrogens with zero attached hydrogens (tertiary/aromatic N) is 2. The lowest BCUT2D eigenvalue weighted by Gasteiger charge is -2.17. The smallest absolute Gasteiger partial charge is 0.229 e. The van der Waals surface area contributed by atoms with Gasteiger partial charge in [-0.1, -0.05) is 24.3 Å². The van der Waals surface area contributed by atoms with Gasteiger partial charge in [-0.25, -0.2) is 4.98 Å². The van der Waals surface area contributed by atoms with E-state index in [1.807, 2.05) is 79.1 Å². The Hall–Kier alpha value is -3.58. The van der Waals surface area contributed by atoms with Crippen LogP contribution in [0.3, 0.4) is 0 Å². The molecule has 0 saturated carbocycles. The summed E-state index contributed by atoms with van der Waals surface area (Å²) in [5, 5.41) is 3.02. The largest absolute Gasteiger partial charge is 0.338 e. The molecule has 1 saturated heterocycles. The number of H-pyrrole nitrogens is 1. The molecule has 0 spiro atoms. The van der Waals surface area contributed by atoms with Gasteiger partial charge in [0.05, 0.1) is 22.6 Å². The molecule has 0 radical (unpaired) electrons. The quantitative estimate of drug-likeness (QED) is 0.429. The molecule has 4 aromatic rings. The molecule has 5 rings (SSSR count). The molecular weight excluding hydrogens is 420 g/mol. The number of imidazole rings is 1. The van der Waals surface area contributed by atoms with E-state index >= 15 is 0 Å². The van der Waals surface area contributed by atoms with E-state index in [1.54, 1.807) is 16.7 Å². The molecule has 1 unspecified atom stereocenters. The first-order chi connectivity index (χ1) is 15.6. The third kappa shape index (κ3) is 3.87. The van der Waals surface area contributed by atoms with Gasteiger partial charge in [0.15, 0.2) is 0 Å². The van der Waals surface area contributed by atoms with E-state index in [-0.39, 0.29) is 18.2 Å². The number of benzene rings is 3. The molecule has 1 fully saturated rings. The van der Waals surface area contributed by atoms with E-state index in [9.17, 15) is 9.59 Å². The summed E-state index contributed by atoms with van der Waals surface area (Å²) in [6.45, 7) is 0.371. The fraction of sp³-hybridized carbons (Fsp3) is 0.160. The van der Waals surface area contributed by atoms with Gasteiger partial charge in [-0.2, -0.15) is 0 Å². The Kier molecular flexibility index (Phi) is 5.41. The van der Waals surface area contributed by atoms with Crippen LogP contribution in [-0.4, -0.2) is 34.6 Å². The Morgan fingerprint density at radius 1 is 1.06 bits per heavy atom. The van der Waals surface area contributed by atoms with E-state index in [0.717, 1.165) is 27.2 Å². The van der Waals surface area contributed by atoms with Crippen molar-refractivity contribution < 1.29 is 9.59 Å². The number of aromatic nitrogens is 2. The summed E-state index contributed by atoms with van der Waals surface area (Å²) >= 11 is 1.65. The summed E-state index contributed by atoms with van der Waals surface area (Å²) < 4.78 is 0. The lowest BCUT2D eigenvalue weighted by molar-refractivity contribution is -0.122. The predicted octanol–water partition coefficient (Wildman–Crippen LogP) is 4.94. The maximum atomic E-state index is 13.1. The first-order valence-corrected chi connectivity index (χ1v) is 11.6. The van der Waals surface area contributed by atoms with Gasteiger partial charge in [0.1, 0.15) is 5.82 Å². The molecule has 6 nitrogen and oxygen atoms in total. The first kappa shape index (κ1) is 20.3. The number of aromatic amines is 1. The molecular formula is C25H22N4O2S. The van der Waals surface area contributed by atoms with Gasteiger partial charge in [-0.3, -0.25) is 9.59 Å². The van der Waals surface area contributed by atoms with E-state index in [4.69, 9.17) is 0 Å². The van der Waals surface area contributed by atoms with Crippen LogP contribution in [0.4, 0.5) is 11.4 Å². The van der Waals surface area contributed by atoms with E-state index < -0.39 is 5.92 Å². The van der Waals surface area contributed by atoms with Crippen LogP contribution in [0.2, 0.25) is 0 Å². The standard InChI is InChI=1S/C25H22N4O2S/c1-32-18-12-10-17(11-13-18)29-15-16(14-23(29)30)25(31)28-20-7-3-2-6-19(20)24-26-21-8-4-5-9-22(21)27-24/h2-13,16H,14-15H2,1H3,(H,26,27)(H,28,31). The number of amides is 2. The van der Waals surface area contributed by atoms with Crippen LogP contribution >= 0.6 is 11.8 Å². The third-order valence-electron chi connectivity index (χ3n) is 5.71. The second kappa shape index (κ2) is 8.51. The fourth-order valence-corrected chi connectivity index (χ4v) is 4.42. The van der Waals surface area contributed by atoms with Gasteiger partial charge in [-0.05, 0) is 54.8 Å².